The van der Waals surface area contributed by atoms with Gasteiger partial charge in [-0.15, -0.1) is 11.3 Å². The van der Waals surface area contributed by atoms with E-state index >= 15 is 0 Å². The Balaban J connectivity index is 1.80. The van der Waals surface area contributed by atoms with E-state index in [0.717, 1.165) is 22.5 Å². The Hall–Kier alpha value is -2.66. The number of aromatic hydroxyl groups is 1. The van der Waals surface area contributed by atoms with Crippen molar-refractivity contribution in [2.75, 3.05) is 5.32 Å². The van der Waals surface area contributed by atoms with E-state index in [0.29, 0.717) is 0 Å². The van der Waals surface area contributed by atoms with Gasteiger partial charge in [-0.05, 0) is 40.8 Å². The molecule has 1 aliphatic rings. The predicted molar refractivity (Wildman–Crippen MR) is 97.4 cm³/mol. The molecule has 0 amide bonds. The van der Waals surface area contributed by atoms with Crippen LogP contribution in [-0.2, 0) is 5.41 Å². The molecule has 0 saturated heterocycles. The van der Waals surface area contributed by atoms with Crippen molar-refractivity contribution in [2.45, 2.75) is 19.3 Å². The molecule has 24 heavy (non-hydrogen) atoms. The van der Waals surface area contributed by atoms with E-state index in [1.165, 1.54) is 4.88 Å². The number of benzene rings is 1. The maximum atomic E-state index is 11.6. The van der Waals surface area contributed by atoms with Crippen molar-refractivity contribution in [3.05, 3.63) is 73.0 Å². The molecule has 120 valence electrons. The molecule has 0 fully saturated rings. The van der Waals surface area contributed by atoms with Gasteiger partial charge in [-0.1, -0.05) is 26.0 Å². The van der Waals surface area contributed by atoms with E-state index in [2.05, 4.69) is 37.4 Å². The Labute approximate surface area is 142 Å². The minimum Gasteiger partial charge on any atom is -0.504 e. The minimum atomic E-state index is -0.810. The monoisotopic (exact) mass is 337 g/mol. The lowest BCUT2D eigenvalue weighted by molar-refractivity contribution is 0.461. The molecule has 0 aliphatic carbocycles. The molecule has 1 aromatic heterocycles. The van der Waals surface area contributed by atoms with Gasteiger partial charge < -0.3 is 10.4 Å². The molecule has 0 bridgehead atoms. The number of anilines is 1. The first kappa shape index (κ1) is 14.9. The fourth-order valence-electron chi connectivity index (χ4n) is 3.10. The molecule has 2 aromatic carbocycles. The van der Waals surface area contributed by atoms with E-state index in [1.807, 2.05) is 17.5 Å². The summed E-state index contributed by atoms with van der Waals surface area (Å²) in [5.41, 5.74) is 2.34. The van der Waals surface area contributed by atoms with Gasteiger partial charge in [0.05, 0.1) is 5.56 Å². The van der Waals surface area contributed by atoms with Gasteiger partial charge in [0.1, 0.15) is 0 Å². The van der Waals surface area contributed by atoms with Crippen LogP contribution in [0.15, 0.2) is 51.0 Å². The molecule has 5 heteroatoms. The number of rotatable bonds is 2. The van der Waals surface area contributed by atoms with Crippen LogP contribution in [0.3, 0.4) is 0 Å². The minimum absolute atomic E-state index is 0.0851. The van der Waals surface area contributed by atoms with Crippen LogP contribution in [0.2, 0.25) is 0 Å². The highest BCUT2D eigenvalue weighted by Crippen LogP contribution is 2.45. The quantitative estimate of drug-likeness (QED) is 0.703. The fraction of sp³-hybridized carbons (Fsp3) is 0.158. The van der Waals surface area contributed by atoms with E-state index in [4.69, 9.17) is 0 Å². The normalized spacial score (nSPS) is 17.2. The summed E-state index contributed by atoms with van der Waals surface area (Å²) in [5, 5.41) is 15.0. The number of allylic oxidation sites excluding steroid dienone is 1. The van der Waals surface area contributed by atoms with E-state index < -0.39 is 16.6 Å². The van der Waals surface area contributed by atoms with Crippen molar-refractivity contribution in [3.63, 3.8) is 0 Å². The van der Waals surface area contributed by atoms with Crippen LogP contribution in [0.1, 0.15) is 25.0 Å². The highest BCUT2D eigenvalue weighted by molar-refractivity contribution is 7.13. The Bertz CT molecular complexity index is 1050. The van der Waals surface area contributed by atoms with Crippen LogP contribution in [0.25, 0.3) is 16.5 Å². The Kier molecular flexibility index (Phi) is 3.05. The topological polar surface area (TPSA) is 66.4 Å². The molecule has 0 radical (unpaired) electrons. The zero-order valence-electron chi connectivity index (χ0n) is 13.2. The first-order valence-electron chi connectivity index (χ1n) is 7.59. The number of thiophene rings is 1. The van der Waals surface area contributed by atoms with Gasteiger partial charge in [-0.25, -0.2) is 0 Å². The summed E-state index contributed by atoms with van der Waals surface area (Å²) < 4.78 is 0. The lowest BCUT2D eigenvalue weighted by Crippen LogP contribution is -2.33. The van der Waals surface area contributed by atoms with Crippen LogP contribution in [0.4, 0.5) is 5.69 Å². The van der Waals surface area contributed by atoms with Gasteiger partial charge in [0.25, 0.3) is 5.43 Å². The van der Waals surface area contributed by atoms with Crippen molar-refractivity contribution < 1.29 is 5.11 Å². The van der Waals surface area contributed by atoms with Gasteiger partial charge in [-0.2, -0.15) is 0 Å². The van der Waals surface area contributed by atoms with E-state index in [1.54, 1.807) is 17.4 Å². The van der Waals surface area contributed by atoms with Gasteiger partial charge in [0.2, 0.25) is 5.43 Å². The highest BCUT2D eigenvalue weighted by Gasteiger charge is 2.36. The molecule has 4 nitrogen and oxygen atoms in total. The van der Waals surface area contributed by atoms with Crippen molar-refractivity contribution in [2.24, 2.45) is 0 Å². The highest BCUT2D eigenvalue weighted by atomic mass is 32.1. The number of fused-ring (bicyclic) bond motifs is 1. The first-order chi connectivity index (χ1) is 11.4. The summed E-state index contributed by atoms with van der Waals surface area (Å²) in [6, 6.07) is 10.3. The summed E-state index contributed by atoms with van der Waals surface area (Å²) in [5.74, 6) is -0.444. The van der Waals surface area contributed by atoms with Crippen LogP contribution in [0.5, 0.6) is 5.75 Å². The largest absolute Gasteiger partial charge is 0.504 e. The lowest BCUT2D eigenvalue weighted by Gasteiger charge is -2.21. The zero-order chi connectivity index (χ0) is 17.1. The molecule has 0 saturated carbocycles. The molecule has 4 rings (SSSR count). The smallest absolute Gasteiger partial charge is 0.268 e. The van der Waals surface area contributed by atoms with E-state index in [9.17, 15) is 14.7 Å². The third-order valence-corrected chi connectivity index (χ3v) is 5.57. The SMILES string of the molecule is CC1(C)C(=Cc2c(O)c(=O)c2=O)Nc2ccc(-c3cccs3)cc21. The maximum absolute atomic E-state index is 11.6. The first-order valence-corrected chi connectivity index (χ1v) is 8.47. The number of hydrogen-bond donors (Lipinski definition) is 2. The van der Waals surface area contributed by atoms with E-state index in [-0.39, 0.29) is 11.0 Å². The molecule has 0 unspecified atom stereocenters. The molecular formula is C19H15NO3S. The molecule has 2 N–H and O–H groups in total. The van der Waals surface area contributed by atoms with Crippen LogP contribution in [-0.4, -0.2) is 5.11 Å². The van der Waals surface area contributed by atoms with Crippen molar-refractivity contribution in [1.29, 1.82) is 0 Å². The summed E-state index contributed by atoms with van der Waals surface area (Å²) >= 11 is 1.69. The Morgan fingerprint density at radius 3 is 2.62 bits per heavy atom. The molecule has 3 aromatic rings. The summed E-state index contributed by atoms with van der Waals surface area (Å²) in [4.78, 5) is 24.0. The van der Waals surface area contributed by atoms with Crippen LogP contribution in [0, 0.1) is 0 Å². The third kappa shape index (κ3) is 1.98. The van der Waals surface area contributed by atoms with Crippen molar-refractivity contribution in [3.8, 4) is 16.2 Å². The van der Waals surface area contributed by atoms with Crippen LogP contribution < -0.4 is 16.2 Å². The third-order valence-electron chi connectivity index (χ3n) is 4.65. The summed E-state index contributed by atoms with van der Waals surface area (Å²) in [6.45, 7) is 4.11. The van der Waals surface area contributed by atoms with Gasteiger partial charge >= 0.3 is 0 Å². The molecular weight excluding hydrogens is 322 g/mol. The Morgan fingerprint density at radius 1 is 1.17 bits per heavy atom. The fourth-order valence-corrected chi connectivity index (χ4v) is 3.83. The maximum Gasteiger partial charge on any atom is 0.268 e. The lowest BCUT2D eigenvalue weighted by atomic mass is 9.82. The average Bonchev–Trinajstić information content (AvgIpc) is 3.19. The second-order valence-corrected chi connectivity index (χ2v) is 7.41. The number of hydrogen-bond acceptors (Lipinski definition) is 5. The van der Waals surface area contributed by atoms with Gasteiger partial charge in [0.15, 0.2) is 5.75 Å². The van der Waals surface area contributed by atoms with Crippen molar-refractivity contribution >= 4 is 23.1 Å². The number of nitrogens with one attached hydrogen (secondary N) is 1. The Morgan fingerprint density at radius 2 is 1.96 bits per heavy atom. The molecule has 2 heterocycles. The molecule has 1 aliphatic heterocycles. The summed E-state index contributed by atoms with van der Waals surface area (Å²) in [6.07, 6.45) is 1.59. The van der Waals surface area contributed by atoms with Crippen molar-refractivity contribution in [1.82, 2.24) is 0 Å². The molecule has 0 atom stereocenters. The zero-order valence-corrected chi connectivity index (χ0v) is 14.0. The second kappa shape index (κ2) is 4.92. The van der Waals surface area contributed by atoms with Crippen LogP contribution >= 0.6 is 11.3 Å². The second-order valence-electron chi connectivity index (χ2n) is 6.47. The standard InChI is InChI=1S/C19H15NO3S/c1-19(2)12-8-10(14-4-3-7-24-14)5-6-13(12)20-15(19)9-11-16(21)18(23)17(11)22/h3-9,20-21H,1-2H3. The summed E-state index contributed by atoms with van der Waals surface area (Å²) in [7, 11) is 0. The predicted octanol–water partition coefficient (Wildman–Crippen LogP) is 3.46. The average molecular weight is 337 g/mol. The van der Waals surface area contributed by atoms with Gasteiger partial charge in [0, 0.05) is 21.7 Å². The van der Waals surface area contributed by atoms with Gasteiger partial charge in [-0.3, -0.25) is 9.59 Å². The molecule has 0 spiro atoms.